The largest absolute Gasteiger partial charge is 0.542 e. The quantitative estimate of drug-likeness (QED) is 0.613. The van der Waals surface area contributed by atoms with Gasteiger partial charge >= 0.3 is 0 Å². The van der Waals surface area contributed by atoms with Crippen molar-refractivity contribution in [2.75, 3.05) is 7.11 Å². The highest BCUT2D eigenvalue weighted by atomic mass is 28.4. The predicted octanol–water partition coefficient (Wildman–Crippen LogP) is 3.25. The summed E-state index contributed by atoms with van der Waals surface area (Å²) >= 11 is 0. The van der Waals surface area contributed by atoms with Crippen LogP contribution in [0.25, 0.3) is 0 Å². The van der Waals surface area contributed by atoms with E-state index in [1.165, 1.54) is 26.2 Å². The maximum Gasteiger partial charge on any atom is 0.242 e. The van der Waals surface area contributed by atoms with Gasteiger partial charge < -0.3 is 9.16 Å². The number of hydrogen-bond donors (Lipinski definition) is 0. The SMILES string of the molecule is COc1cc(C(C)=O)c(F)cc1O[Si](C)(C)C. The first kappa shape index (κ1) is 13.7. The molecule has 0 aliphatic carbocycles. The van der Waals surface area contributed by atoms with Gasteiger partial charge in [0.05, 0.1) is 12.7 Å². The third-order valence-corrected chi connectivity index (χ3v) is 2.88. The number of hydrogen-bond acceptors (Lipinski definition) is 3. The number of halogens is 1. The lowest BCUT2D eigenvalue weighted by molar-refractivity contribution is 0.101. The second-order valence-corrected chi connectivity index (χ2v) is 9.18. The lowest BCUT2D eigenvalue weighted by Gasteiger charge is -2.21. The second-order valence-electron chi connectivity index (χ2n) is 4.75. The first-order chi connectivity index (χ1) is 7.74. The van der Waals surface area contributed by atoms with E-state index in [1.54, 1.807) is 0 Å². The minimum atomic E-state index is -1.84. The molecular formula is C12H17FO3Si. The van der Waals surface area contributed by atoms with Crippen molar-refractivity contribution >= 4 is 14.1 Å². The molecule has 0 fully saturated rings. The molecule has 0 aromatic heterocycles. The van der Waals surface area contributed by atoms with E-state index >= 15 is 0 Å². The monoisotopic (exact) mass is 256 g/mol. The van der Waals surface area contributed by atoms with Crippen LogP contribution < -0.4 is 9.16 Å². The fourth-order valence-corrected chi connectivity index (χ4v) is 2.19. The summed E-state index contributed by atoms with van der Waals surface area (Å²) in [4.78, 5) is 11.2. The molecule has 17 heavy (non-hydrogen) atoms. The Balaban J connectivity index is 3.24. The number of carbonyl (C=O) groups excluding carboxylic acids is 1. The van der Waals surface area contributed by atoms with Crippen molar-refractivity contribution in [1.29, 1.82) is 0 Å². The molecule has 0 spiro atoms. The zero-order valence-electron chi connectivity index (χ0n) is 10.8. The van der Waals surface area contributed by atoms with Gasteiger partial charge in [-0.2, -0.15) is 0 Å². The maximum atomic E-state index is 13.7. The van der Waals surface area contributed by atoms with Gasteiger partial charge in [0.15, 0.2) is 11.5 Å². The summed E-state index contributed by atoms with van der Waals surface area (Å²) in [6.45, 7) is 7.28. The van der Waals surface area contributed by atoms with E-state index in [0.29, 0.717) is 11.5 Å². The van der Waals surface area contributed by atoms with Crippen LogP contribution in [-0.4, -0.2) is 21.2 Å². The highest BCUT2D eigenvalue weighted by molar-refractivity contribution is 6.70. The Hall–Kier alpha value is -1.36. The normalized spacial score (nSPS) is 11.2. The van der Waals surface area contributed by atoms with E-state index in [0.717, 1.165) is 0 Å². The summed E-state index contributed by atoms with van der Waals surface area (Å²) < 4.78 is 24.5. The van der Waals surface area contributed by atoms with Crippen molar-refractivity contribution in [3.63, 3.8) is 0 Å². The van der Waals surface area contributed by atoms with Crippen molar-refractivity contribution < 1.29 is 18.3 Å². The topological polar surface area (TPSA) is 35.5 Å². The Morgan fingerprint density at radius 1 is 1.24 bits per heavy atom. The zero-order chi connectivity index (χ0) is 13.2. The summed E-state index contributed by atoms with van der Waals surface area (Å²) in [6, 6.07) is 2.60. The Morgan fingerprint density at radius 3 is 2.24 bits per heavy atom. The van der Waals surface area contributed by atoms with Crippen molar-refractivity contribution in [3.8, 4) is 11.5 Å². The van der Waals surface area contributed by atoms with Crippen LogP contribution in [0.3, 0.4) is 0 Å². The van der Waals surface area contributed by atoms with Crippen LogP contribution in [0.1, 0.15) is 17.3 Å². The number of ketones is 1. The van der Waals surface area contributed by atoms with E-state index in [4.69, 9.17) is 9.16 Å². The average molecular weight is 256 g/mol. The van der Waals surface area contributed by atoms with Crippen LogP contribution in [0.2, 0.25) is 19.6 Å². The van der Waals surface area contributed by atoms with E-state index in [2.05, 4.69) is 0 Å². The van der Waals surface area contributed by atoms with E-state index < -0.39 is 14.1 Å². The third kappa shape index (κ3) is 3.56. The lowest BCUT2D eigenvalue weighted by Crippen LogP contribution is -2.29. The smallest absolute Gasteiger partial charge is 0.242 e. The molecule has 3 nitrogen and oxygen atoms in total. The fraction of sp³-hybridized carbons (Fsp3) is 0.417. The van der Waals surface area contributed by atoms with Crippen molar-refractivity contribution in [3.05, 3.63) is 23.5 Å². The van der Waals surface area contributed by atoms with Gasteiger partial charge in [-0.15, -0.1) is 0 Å². The maximum absolute atomic E-state index is 13.7. The standard InChI is InChI=1S/C12H17FO3Si/c1-8(14)9-6-11(15-2)12(7-10(9)13)16-17(3,4)5/h6-7H,1-5H3. The molecule has 0 N–H and O–H groups in total. The van der Waals surface area contributed by atoms with Gasteiger partial charge in [-0.1, -0.05) is 0 Å². The van der Waals surface area contributed by atoms with Gasteiger partial charge in [0.1, 0.15) is 11.6 Å². The van der Waals surface area contributed by atoms with Gasteiger partial charge in [0, 0.05) is 6.07 Å². The summed E-state index contributed by atoms with van der Waals surface area (Å²) in [7, 11) is -0.378. The van der Waals surface area contributed by atoms with Crippen LogP contribution in [0.15, 0.2) is 12.1 Å². The van der Waals surface area contributed by atoms with E-state index in [9.17, 15) is 9.18 Å². The van der Waals surface area contributed by atoms with Gasteiger partial charge in [-0.25, -0.2) is 4.39 Å². The Bertz CT molecular complexity index is 438. The number of ether oxygens (including phenoxy) is 1. The first-order valence-corrected chi connectivity index (χ1v) is 8.73. The molecule has 1 aromatic rings. The fourth-order valence-electron chi connectivity index (χ4n) is 1.37. The molecule has 0 bridgehead atoms. The molecule has 0 unspecified atom stereocenters. The molecule has 0 radical (unpaired) electrons. The van der Waals surface area contributed by atoms with Gasteiger partial charge in [0.2, 0.25) is 8.32 Å². The Labute approximate surface area is 102 Å². The number of carbonyl (C=O) groups is 1. The molecule has 0 atom stereocenters. The van der Waals surface area contributed by atoms with Crippen LogP contribution >= 0.6 is 0 Å². The summed E-state index contributed by atoms with van der Waals surface area (Å²) in [5, 5.41) is 0. The number of methoxy groups -OCH3 is 1. The molecule has 0 aliphatic rings. The molecule has 1 rings (SSSR count). The highest BCUT2D eigenvalue weighted by Gasteiger charge is 2.21. The molecule has 5 heteroatoms. The minimum Gasteiger partial charge on any atom is -0.542 e. The van der Waals surface area contributed by atoms with Crippen molar-refractivity contribution in [1.82, 2.24) is 0 Å². The number of Topliss-reactive ketones (excluding diaryl/α,β-unsaturated/α-hetero) is 1. The predicted molar refractivity (Wildman–Crippen MR) is 66.9 cm³/mol. The van der Waals surface area contributed by atoms with Crippen molar-refractivity contribution in [2.24, 2.45) is 0 Å². The van der Waals surface area contributed by atoms with E-state index in [1.807, 2.05) is 19.6 Å². The van der Waals surface area contributed by atoms with Crippen LogP contribution in [-0.2, 0) is 0 Å². The minimum absolute atomic E-state index is 0.0183. The summed E-state index contributed by atoms with van der Waals surface area (Å²) in [5.74, 6) is -0.167. The third-order valence-electron chi connectivity index (χ3n) is 2.05. The molecule has 94 valence electrons. The molecule has 0 aliphatic heterocycles. The summed E-state index contributed by atoms with van der Waals surface area (Å²) in [5.41, 5.74) is 0.0183. The zero-order valence-corrected chi connectivity index (χ0v) is 11.8. The molecular weight excluding hydrogens is 239 g/mol. The molecule has 0 saturated heterocycles. The number of benzene rings is 1. The van der Waals surface area contributed by atoms with Gasteiger partial charge in [-0.3, -0.25) is 4.79 Å². The van der Waals surface area contributed by atoms with Crippen LogP contribution in [0.4, 0.5) is 4.39 Å². The van der Waals surface area contributed by atoms with Crippen LogP contribution in [0.5, 0.6) is 11.5 Å². The van der Waals surface area contributed by atoms with Gasteiger partial charge in [-0.05, 0) is 32.6 Å². The Kier molecular flexibility index (Phi) is 3.93. The number of rotatable bonds is 4. The molecule has 0 amide bonds. The lowest BCUT2D eigenvalue weighted by atomic mass is 10.1. The highest BCUT2D eigenvalue weighted by Crippen LogP contribution is 2.32. The second kappa shape index (κ2) is 4.87. The molecule has 1 aromatic carbocycles. The van der Waals surface area contributed by atoms with E-state index in [-0.39, 0.29) is 11.3 Å². The average Bonchev–Trinajstić information content (AvgIpc) is 2.14. The first-order valence-electron chi connectivity index (χ1n) is 5.32. The van der Waals surface area contributed by atoms with Crippen LogP contribution in [0, 0.1) is 5.82 Å². The Morgan fingerprint density at radius 2 is 1.82 bits per heavy atom. The molecule has 0 heterocycles. The summed E-state index contributed by atoms with van der Waals surface area (Å²) in [6.07, 6.45) is 0. The molecule has 0 saturated carbocycles. The van der Waals surface area contributed by atoms with Crippen molar-refractivity contribution in [2.45, 2.75) is 26.6 Å². The van der Waals surface area contributed by atoms with Gasteiger partial charge in [0.25, 0.3) is 0 Å².